The number of methoxy groups -OCH3 is 1. The average Bonchev–Trinajstić information content (AvgIpc) is 2.47. The van der Waals surface area contributed by atoms with Gasteiger partial charge in [-0.15, -0.1) is 12.4 Å². The molecule has 1 aromatic rings. The Kier molecular flexibility index (Phi) is 7.29. The Morgan fingerprint density at radius 2 is 2.29 bits per heavy atom. The number of carbonyl (C=O) groups excluding carboxylic acids is 1. The van der Waals surface area contributed by atoms with E-state index in [0.29, 0.717) is 22.3 Å². The third-order valence-corrected chi connectivity index (χ3v) is 4.04. The third kappa shape index (κ3) is 4.77. The zero-order valence-electron chi connectivity index (χ0n) is 12.3. The Morgan fingerprint density at radius 1 is 1.52 bits per heavy atom. The first kappa shape index (κ1) is 18.1. The molecule has 1 heterocycles. The molecule has 0 aliphatic carbocycles. The van der Waals surface area contributed by atoms with Crippen molar-refractivity contribution in [2.45, 2.75) is 25.8 Å². The summed E-state index contributed by atoms with van der Waals surface area (Å²) in [6, 6.07) is 5.19. The van der Waals surface area contributed by atoms with E-state index >= 15 is 0 Å². The van der Waals surface area contributed by atoms with Gasteiger partial charge in [-0.1, -0.05) is 11.6 Å². The van der Waals surface area contributed by atoms with Gasteiger partial charge in [0.1, 0.15) is 5.75 Å². The van der Waals surface area contributed by atoms with E-state index in [1.165, 1.54) is 7.11 Å². The first-order valence-electron chi connectivity index (χ1n) is 6.97. The highest BCUT2D eigenvalue weighted by atomic mass is 35.5. The molecule has 2 atom stereocenters. The second-order valence-corrected chi connectivity index (χ2v) is 5.65. The molecule has 0 spiro atoms. The maximum atomic E-state index is 12.3. The summed E-state index contributed by atoms with van der Waals surface area (Å²) in [6.45, 7) is 4.08. The fourth-order valence-electron chi connectivity index (χ4n) is 2.56. The SMILES string of the molecule is COc1cc(Cl)ccc1C(=O)NC(C)C1CCCNC1.Cl. The van der Waals surface area contributed by atoms with Crippen LogP contribution in [0.3, 0.4) is 0 Å². The summed E-state index contributed by atoms with van der Waals surface area (Å²) in [5.74, 6) is 0.867. The van der Waals surface area contributed by atoms with Crippen LogP contribution in [0.2, 0.25) is 5.02 Å². The van der Waals surface area contributed by atoms with Crippen molar-refractivity contribution in [2.24, 2.45) is 5.92 Å². The van der Waals surface area contributed by atoms with E-state index in [4.69, 9.17) is 16.3 Å². The summed E-state index contributed by atoms with van der Waals surface area (Å²) in [5.41, 5.74) is 0.521. The third-order valence-electron chi connectivity index (χ3n) is 3.81. The molecule has 1 aromatic carbocycles. The van der Waals surface area contributed by atoms with E-state index < -0.39 is 0 Å². The molecule has 1 aliphatic heterocycles. The van der Waals surface area contributed by atoms with Gasteiger partial charge in [-0.25, -0.2) is 0 Å². The number of ether oxygens (including phenoxy) is 1. The van der Waals surface area contributed by atoms with E-state index in [1.807, 2.05) is 0 Å². The number of hydrogen-bond acceptors (Lipinski definition) is 3. The zero-order chi connectivity index (χ0) is 14.5. The molecule has 4 nitrogen and oxygen atoms in total. The zero-order valence-corrected chi connectivity index (χ0v) is 13.9. The van der Waals surface area contributed by atoms with E-state index in [1.54, 1.807) is 18.2 Å². The van der Waals surface area contributed by atoms with Crippen molar-refractivity contribution in [1.82, 2.24) is 10.6 Å². The predicted octanol–water partition coefficient (Wildman–Crippen LogP) is 2.89. The van der Waals surface area contributed by atoms with Gasteiger partial charge in [0.25, 0.3) is 5.91 Å². The van der Waals surface area contributed by atoms with Crippen LogP contribution in [0.25, 0.3) is 0 Å². The van der Waals surface area contributed by atoms with Gasteiger partial charge >= 0.3 is 0 Å². The van der Waals surface area contributed by atoms with Crippen molar-refractivity contribution in [3.63, 3.8) is 0 Å². The molecule has 6 heteroatoms. The van der Waals surface area contributed by atoms with Crippen LogP contribution in [0.15, 0.2) is 18.2 Å². The molecular formula is C15H22Cl2N2O2. The van der Waals surface area contributed by atoms with Crippen LogP contribution >= 0.6 is 24.0 Å². The molecule has 1 fully saturated rings. The van der Waals surface area contributed by atoms with Gasteiger partial charge in [-0.05, 0) is 57.0 Å². The number of hydrogen-bond donors (Lipinski definition) is 2. The summed E-state index contributed by atoms with van der Waals surface area (Å²) in [6.07, 6.45) is 2.31. The van der Waals surface area contributed by atoms with Crippen LogP contribution in [0.5, 0.6) is 5.75 Å². The fourth-order valence-corrected chi connectivity index (χ4v) is 2.72. The highest BCUT2D eigenvalue weighted by Crippen LogP contribution is 2.23. The maximum absolute atomic E-state index is 12.3. The summed E-state index contributed by atoms with van der Waals surface area (Å²) >= 11 is 5.91. The molecule has 0 aromatic heterocycles. The highest BCUT2D eigenvalue weighted by Gasteiger charge is 2.22. The number of amides is 1. The maximum Gasteiger partial charge on any atom is 0.255 e. The Labute approximate surface area is 137 Å². The molecule has 21 heavy (non-hydrogen) atoms. The van der Waals surface area contributed by atoms with Crippen LogP contribution in [0.1, 0.15) is 30.1 Å². The van der Waals surface area contributed by atoms with Gasteiger partial charge in [0, 0.05) is 11.1 Å². The minimum atomic E-state index is -0.114. The first-order valence-corrected chi connectivity index (χ1v) is 7.34. The van der Waals surface area contributed by atoms with E-state index in [9.17, 15) is 4.79 Å². The largest absolute Gasteiger partial charge is 0.496 e. The lowest BCUT2D eigenvalue weighted by atomic mass is 9.92. The van der Waals surface area contributed by atoms with Crippen molar-refractivity contribution in [2.75, 3.05) is 20.2 Å². The lowest BCUT2D eigenvalue weighted by Crippen LogP contribution is -2.44. The Bertz CT molecular complexity index is 477. The summed E-state index contributed by atoms with van der Waals surface area (Å²) in [7, 11) is 1.54. The smallest absolute Gasteiger partial charge is 0.255 e. The first-order chi connectivity index (χ1) is 9.61. The number of halogens is 2. The van der Waals surface area contributed by atoms with Gasteiger partial charge in [0.15, 0.2) is 0 Å². The Morgan fingerprint density at radius 3 is 2.90 bits per heavy atom. The fraction of sp³-hybridized carbons (Fsp3) is 0.533. The van der Waals surface area contributed by atoms with Crippen LogP contribution in [-0.4, -0.2) is 32.1 Å². The summed E-state index contributed by atoms with van der Waals surface area (Å²) in [5, 5.41) is 6.98. The molecule has 0 radical (unpaired) electrons. The monoisotopic (exact) mass is 332 g/mol. The summed E-state index contributed by atoms with van der Waals surface area (Å²) in [4.78, 5) is 12.3. The number of piperidine rings is 1. The molecule has 1 aliphatic rings. The second kappa shape index (κ2) is 8.47. The lowest BCUT2D eigenvalue weighted by molar-refractivity contribution is 0.0919. The van der Waals surface area contributed by atoms with Crippen LogP contribution < -0.4 is 15.4 Å². The van der Waals surface area contributed by atoms with E-state index in [0.717, 1.165) is 25.9 Å². The standard InChI is InChI=1S/C15H21ClN2O2.ClH/c1-10(11-4-3-7-17-9-11)18-15(19)13-6-5-12(16)8-14(13)20-2;/h5-6,8,10-11,17H,3-4,7,9H2,1-2H3,(H,18,19);1H. The van der Waals surface area contributed by atoms with E-state index in [2.05, 4.69) is 17.6 Å². The molecule has 1 saturated heterocycles. The van der Waals surface area contributed by atoms with Crippen molar-refractivity contribution in [1.29, 1.82) is 0 Å². The second-order valence-electron chi connectivity index (χ2n) is 5.21. The molecule has 2 rings (SSSR count). The molecule has 1 amide bonds. The number of nitrogens with one attached hydrogen (secondary N) is 2. The van der Waals surface area contributed by atoms with Crippen LogP contribution in [0.4, 0.5) is 0 Å². The Balaban J connectivity index is 0.00000220. The molecule has 118 valence electrons. The van der Waals surface area contributed by atoms with Crippen molar-refractivity contribution < 1.29 is 9.53 Å². The molecular weight excluding hydrogens is 311 g/mol. The molecule has 2 N–H and O–H groups in total. The topological polar surface area (TPSA) is 50.4 Å². The molecule has 0 saturated carbocycles. The lowest BCUT2D eigenvalue weighted by Gasteiger charge is -2.29. The van der Waals surface area contributed by atoms with E-state index in [-0.39, 0.29) is 24.4 Å². The quantitative estimate of drug-likeness (QED) is 0.891. The van der Waals surface area contributed by atoms with Gasteiger partial charge in [0.2, 0.25) is 0 Å². The van der Waals surface area contributed by atoms with Crippen LogP contribution in [-0.2, 0) is 0 Å². The van der Waals surface area contributed by atoms with Gasteiger partial charge in [0.05, 0.1) is 12.7 Å². The minimum absolute atomic E-state index is 0. The molecule has 2 unspecified atom stereocenters. The average molecular weight is 333 g/mol. The number of benzene rings is 1. The van der Waals surface area contributed by atoms with Crippen molar-refractivity contribution in [3.8, 4) is 5.75 Å². The van der Waals surface area contributed by atoms with Crippen molar-refractivity contribution >= 4 is 29.9 Å². The van der Waals surface area contributed by atoms with Gasteiger partial charge < -0.3 is 15.4 Å². The molecule has 0 bridgehead atoms. The number of carbonyl (C=O) groups is 1. The van der Waals surface area contributed by atoms with Gasteiger partial charge in [-0.2, -0.15) is 0 Å². The van der Waals surface area contributed by atoms with Crippen LogP contribution in [0, 0.1) is 5.92 Å². The highest BCUT2D eigenvalue weighted by molar-refractivity contribution is 6.30. The summed E-state index contributed by atoms with van der Waals surface area (Å²) < 4.78 is 5.22. The minimum Gasteiger partial charge on any atom is -0.496 e. The normalized spacial score (nSPS) is 19.3. The van der Waals surface area contributed by atoms with Crippen molar-refractivity contribution in [3.05, 3.63) is 28.8 Å². The number of rotatable bonds is 4. The Hall–Kier alpha value is -0.970. The predicted molar refractivity (Wildman–Crippen MR) is 87.8 cm³/mol. The van der Waals surface area contributed by atoms with Gasteiger partial charge in [-0.3, -0.25) is 4.79 Å².